The second-order valence-corrected chi connectivity index (χ2v) is 8.45. The largest absolute Gasteiger partial charge is 0.338 e. The number of aromatic nitrogens is 2. The Bertz CT molecular complexity index is 1060. The molecule has 9 heteroatoms. The molecule has 1 aliphatic rings. The quantitative estimate of drug-likeness (QED) is 0.638. The van der Waals surface area contributed by atoms with E-state index in [1.165, 1.54) is 35.6 Å². The molecule has 1 N–H and O–H groups in total. The summed E-state index contributed by atoms with van der Waals surface area (Å²) in [5.41, 5.74) is 1.08. The lowest BCUT2D eigenvalue weighted by atomic mass is 9.98. The lowest BCUT2D eigenvalue weighted by molar-refractivity contribution is 0.0706. The van der Waals surface area contributed by atoms with E-state index in [0.717, 1.165) is 17.8 Å². The Hall–Kier alpha value is -2.84. The first kappa shape index (κ1) is 20.4. The number of anilines is 1. The summed E-state index contributed by atoms with van der Waals surface area (Å²) in [4.78, 5) is 27.0. The number of nitrogens with zero attached hydrogens (tertiary/aromatic N) is 3. The minimum Gasteiger partial charge on any atom is -0.338 e. The van der Waals surface area contributed by atoms with Gasteiger partial charge in [0, 0.05) is 35.3 Å². The monoisotopic (exact) mass is 444 g/mol. The molecule has 154 valence electrons. The van der Waals surface area contributed by atoms with Crippen LogP contribution in [0.25, 0.3) is 0 Å². The highest BCUT2D eigenvalue weighted by molar-refractivity contribution is 7.13. The van der Waals surface area contributed by atoms with Crippen molar-refractivity contribution in [1.29, 1.82) is 0 Å². The van der Waals surface area contributed by atoms with E-state index in [4.69, 9.17) is 11.6 Å². The molecule has 6 nitrogen and oxygen atoms in total. The van der Waals surface area contributed by atoms with Crippen molar-refractivity contribution in [2.45, 2.75) is 18.8 Å². The van der Waals surface area contributed by atoms with E-state index >= 15 is 0 Å². The van der Waals surface area contributed by atoms with E-state index in [2.05, 4.69) is 15.5 Å². The van der Waals surface area contributed by atoms with E-state index < -0.39 is 5.91 Å². The van der Waals surface area contributed by atoms with Crippen LogP contribution in [0, 0.1) is 5.82 Å². The predicted molar refractivity (Wildman–Crippen MR) is 114 cm³/mol. The van der Waals surface area contributed by atoms with Crippen molar-refractivity contribution < 1.29 is 14.0 Å². The zero-order valence-corrected chi connectivity index (χ0v) is 17.4. The standard InChI is InChI=1S/C21H18ClFN4O2S/c22-15-5-3-13(4-6-15)21(29)27-11-1-2-14(12-27)19-25-26-20(30-19)18(28)24-17-9-7-16(23)8-10-17/h3-10,14H,1-2,11-12H2,(H,24,28). The SMILES string of the molecule is O=C(Nc1ccc(F)cc1)c1nnc(C2CCCN(C(=O)c3ccc(Cl)cc3)C2)s1. The number of nitrogens with one attached hydrogen (secondary N) is 1. The molecule has 0 spiro atoms. The number of halogens is 2. The number of carbonyl (C=O) groups excluding carboxylic acids is 2. The fraction of sp³-hybridized carbons (Fsp3) is 0.238. The topological polar surface area (TPSA) is 75.2 Å². The highest BCUT2D eigenvalue weighted by Crippen LogP contribution is 2.30. The van der Waals surface area contributed by atoms with E-state index in [-0.39, 0.29) is 22.6 Å². The molecule has 0 aliphatic carbocycles. The number of hydrogen-bond donors (Lipinski definition) is 1. The molecule has 2 amide bonds. The van der Waals surface area contributed by atoms with Crippen LogP contribution >= 0.6 is 22.9 Å². The van der Waals surface area contributed by atoms with Gasteiger partial charge in [-0.05, 0) is 61.4 Å². The van der Waals surface area contributed by atoms with Gasteiger partial charge in [-0.2, -0.15) is 0 Å². The Balaban J connectivity index is 1.42. The molecule has 4 rings (SSSR count). The second kappa shape index (κ2) is 8.89. The molecule has 1 unspecified atom stereocenters. The Kier molecular flexibility index (Phi) is 6.06. The van der Waals surface area contributed by atoms with Gasteiger partial charge in [0.1, 0.15) is 10.8 Å². The van der Waals surface area contributed by atoms with Gasteiger partial charge in [-0.25, -0.2) is 4.39 Å². The van der Waals surface area contributed by atoms with Gasteiger partial charge in [0.15, 0.2) is 0 Å². The second-order valence-electron chi connectivity index (χ2n) is 7.00. The summed E-state index contributed by atoms with van der Waals surface area (Å²) in [5.74, 6) is -0.786. The molecule has 0 radical (unpaired) electrons. The molecule has 1 fully saturated rings. The van der Waals surface area contributed by atoms with Gasteiger partial charge >= 0.3 is 0 Å². The molecular formula is C21H18ClFN4O2S. The highest BCUT2D eigenvalue weighted by atomic mass is 35.5. The minimum absolute atomic E-state index is 0.0277. The predicted octanol–water partition coefficient (Wildman–Crippen LogP) is 4.60. The summed E-state index contributed by atoms with van der Waals surface area (Å²) in [5, 5.41) is 12.4. The molecule has 3 aromatic rings. The summed E-state index contributed by atoms with van der Waals surface area (Å²) in [6.07, 6.45) is 1.72. The van der Waals surface area contributed by atoms with Crippen molar-refractivity contribution in [3.05, 3.63) is 74.9 Å². The molecule has 0 bridgehead atoms. The van der Waals surface area contributed by atoms with Crippen molar-refractivity contribution in [3.63, 3.8) is 0 Å². The summed E-state index contributed by atoms with van der Waals surface area (Å²) in [6, 6.07) is 12.4. The fourth-order valence-electron chi connectivity index (χ4n) is 3.35. The number of rotatable bonds is 4. The minimum atomic E-state index is -0.393. The van der Waals surface area contributed by atoms with Crippen LogP contribution in [0.2, 0.25) is 5.02 Å². The highest BCUT2D eigenvalue weighted by Gasteiger charge is 2.28. The van der Waals surface area contributed by atoms with Crippen molar-refractivity contribution in [2.24, 2.45) is 0 Å². The van der Waals surface area contributed by atoms with Crippen LogP contribution in [-0.4, -0.2) is 40.0 Å². The number of benzene rings is 2. The lowest BCUT2D eigenvalue weighted by Gasteiger charge is -2.31. The van der Waals surface area contributed by atoms with E-state index in [0.29, 0.717) is 29.4 Å². The maximum absolute atomic E-state index is 13.0. The maximum Gasteiger partial charge on any atom is 0.286 e. The van der Waals surface area contributed by atoms with Crippen LogP contribution in [0.4, 0.5) is 10.1 Å². The summed E-state index contributed by atoms with van der Waals surface area (Å²) in [6.45, 7) is 1.20. The fourth-order valence-corrected chi connectivity index (χ4v) is 4.34. The smallest absolute Gasteiger partial charge is 0.286 e. The molecule has 0 saturated carbocycles. The number of likely N-dealkylation sites (tertiary alicyclic amines) is 1. The van der Waals surface area contributed by atoms with Crippen molar-refractivity contribution in [2.75, 3.05) is 18.4 Å². The van der Waals surface area contributed by atoms with Gasteiger partial charge < -0.3 is 10.2 Å². The molecule has 2 aromatic carbocycles. The van der Waals surface area contributed by atoms with E-state index in [9.17, 15) is 14.0 Å². The van der Waals surface area contributed by atoms with E-state index in [1.807, 2.05) is 0 Å². The average molecular weight is 445 g/mol. The van der Waals surface area contributed by atoms with E-state index in [1.54, 1.807) is 29.2 Å². The summed E-state index contributed by atoms with van der Waals surface area (Å²) >= 11 is 7.12. The van der Waals surface area contributed by atoms with Gasteiger partial charge in [0.25, 0.3) is 11.8 Å². The van der Waals surface area contributed by atoms with Gasteiger partial charge in [0.05, 0.1) is 0 Å². The first-order valence-electron chi connectivity index (χ1n) is 9.45. The van der Waals surface area contributed by atoms with Crippen molar-refractivity contribution in [1.82, 2.24) is 15.1 Å². The molecule has 1 aliphatic heterocycles. The van der Waals surface area contributed by atoms with Crippen LogP contribution in [0.5, 0.6) is 0 Å². The zero-order chi connectivity index (χ0) is 21.1. The third-order valence-electron chi connectivity index (χ3n) is 4.89. The Morgan fingerprint density at radius 2 is 1.83 bits per heavy atom. The molecule has 1 aromatic heterocycles. The van der Waals surface area contributed by atoms with Crippen molar-refractivity contribution in [3.8, 4) is 0 Å². The summed E-state index contributed by atoms with van der Waals surface area (Å²) in [7, 11) is 0. The molecule has 2 heterocycles. The van der Waals surface area contributed by atoms with Crippen LogP contribution < -0.4 is 5.32 Å². The number of amides is 2. The number of carbonyl (C=O) groups is 2. The lowest BCUT2D eigenvalue weighted by Crippen LogP contribution is -2.39. The summed E-state index contributed by atoms with van der Waals surface area (Å²) < 4.78 is 13.0. The van der Waals surface area contributed by atoms with Crippen LogP contribution in [0.1, 0.15) is 43.9 Å². The molecular weight excluding hydrogens is 427 g/mol. The van der Waals surface area contributed by atoms with Crippen LogP contribution in [0.3, 0.4) is 0 Å². The molecule has 1 saturated heterocycles. The number of piperidine rings is 1. The van der Waals surface area contributed by atoms with Gasteiger partial charge in [-0.15, -0.1) is 10.2 Å². The van der Waals surface area contributed by atoms with Crippen molar-refractivity contribution >= 4 is 40.4 Å². The zero-order valence-electron chi connectivity index (χ0n) is 15.8. The van der Waals surface area contributed by atoms with Gasteiger partial charge in [0.2, 0.25) is 5.01 Å². The normalized spacial score (nSPS) is 16.3. The Labute approximate surface area is 181 Å². The third-order valence-corrected chi connectivity index (χ3v) is 6.22. The maximum atomic E-state index is 13.0. The van der Waals surface area contributed by atoms with Crippen LogP contribution in [-0.2, 0) is 0 Å². The number of hydrogen-bond acceptors (Lipinski definition) is 5. The third kappa shape index (κ3) is 4.66. The van der Waals surface area contributed by atoms with Crippen LogP contribution in [0.15, 0.2) is 48.5 Å². The average Bonchev–Trinajstić information content (AvgIpc) is 3.26. The Morgan fingerprint density at radius 1 is 1.10 bits per heavy atom. The molecule has 30 heavy (non-hydrogen) atoms. The first-order valence-corrected chi connectivity index (χ1v) is 10.6. The first-order chi connectivity index (χ1) is 14.5. The Morgan fingerprint density at radius 3 is 2.57 bits per heavy atom. The van der Waals surface area contributed by atoms with Gasteiger partial charge in [-0.1, -0.05) is 22.9 Å². The van der Waals surface area contributed by atoms with Gasteiger partial charge in [-0.3, -0.25) is 9.59 Å². The molecule has 1 atom stereocenters.